The maximum absolute atomic E-state index is 14.4. The largest absolute Gasteiger partial charge is 0.352 e. The zero-order chi connectivity index (χ0) is 25.6. The summed E-state index contributed by atoms with van der Waals surface area (Å²) in [4.78, 5) is 27.8. The van der Waals surface area contributed by atoms with Crippen LogP contribution >= 0.6 is 0 Å². The van der Waals surface area contributed by atoms with Gasteiger partial charge >= 0.3 is 0 Å². The van der Waals surface area contributed by atoms with Crippen LogP contribution in [0, 0.1) is 5.82 Å². The average molecular weight is 504 g/mol. The molecule has 0 bridgehead atoms. The number of nitrogens with one attached hydrogen (secondary N) is 1. The molecule has 2 aromatic carbocycles. The first-order chi connectivity index (χ1) is 16.6. The number of carbonyl (C=O) groups is 2. The Bertz CT molecular complexity index is 1130. The number of amides is 2. The van der Waals surface area contributed by atoms with Crippen molar-refractivity contribution in [2.75, 3.05) is 17.1 Å². The second-order valence-electron chi connectivity index (χ2n) is 9.07. The Morgan fingerprint density at radius 1 is 1.09 bits per heavy atom. The van der Waals surface area contributed by atoms with Crippen LogP contribution in [-0.4, -0.2) is 50.0 Å². The summed E-state index contributed by atoms with van der Waals surface area (Å²) in [7, 11) is -3.80. The number of sulfonamides is 1. The maximum atomic E-state index is 14.4. The van der Waals surface area contributed by atoms with Crippen LogP contribution in [0.2, 0.25) is 0 Å². The SMILES string of the molecule is CCc1ccc(N(CC(=O)N(Cc2ccccc2F)[C@H](C)C(=O)NC2CCCC2)S(C)(=O)=O)cc1. The molecule has 7 nitrogen and oxygen atoms in total. The molecule has 1 fully saturated rings. The molecule has 0 heterocycles. The third-order valence-corrected chi connectivity index (χ3v) is 7.62. The van der Waals surface area contributed by atoms with E-state index < -0.39 is 34.3 Å². The van der Waals surface area contributed by atoms with E-state index >= 15 is 0 Å². The minimum Gasteiger partial charge on any atom is -0.352 e. The van der Waals surface area contributed by atoms with Gasteiger partial charge in [0, 0.05) is 18.2 Å². The molecular formula is C26H34FN3O4S. The summed E-state index contributed by atoms with van der Waals surface area (Å²) in [5, 5.41) is 2.98. The maximum Gasteiger partial charge on any atom is 0.244 e. The third kappa shape index (κ3) is 7.04. The molecule has 0 spiro atoms. The highest BCUT2D eigenvalue weighted by atomic mass is 32.2. The topological polar surface area (TPSA) is 86.8 Å². The molecular weight excluding hydrogens is 469 g/mol. The summed E-state index contributed by atoms with van der Waals surface area (Å²) in [6, 6.07) is 12.1. The highest BCUT2D eigenvalue weighted by Crippen LogP contribution is 2.21. The van der Waals surface area contributed by atoms with Gasteiger partial charge in [-0.2, -0.15) is 0 Å². The van der Waals surface area contributed by atoms with Gasteiger partial charge in [-0.25, -0.2) is 12.8 Å². The standard InChI is InChI=1S/C26H34FN3O4S/c1-4-20-13-15-23(16-14-20)30(35(3,33)34)18-25(31)29(17-21-9-5-8-12-24(21)27)19(2)26(32)28-22-10-6-7-11-22/h5,8-9,12-16,19,22H,4,6-7,10-11,17-18H2,1-3H3,(H,28,32)/t19-/m1/s1. The molecule has 9 heteroatoms. The first kappa shape index (κ1) is 26.7. The van der Waals surface area contributed by atoms with Gasteiger partial charge in [0.1, 0.15) is 18.4 Å². The van der Waals surface area contributed by atoms with Crippen molar-refractivity contribution in [3.63, 3.8) is 0 Å². The number of hydrogen-bond acceptors (Lipinski definition) is 4. The number of benzene rings is 2. The van der Waals surface area contributed by atoms with E-state index in [0.717, 1.165) is 48.2 Å². The number of anilines is 1. The van der Waals surface area contributed by atoms with Gasteiger partial charge in [-0.15, -0.1) is 0 Å². The molecule has 0 saturated heterocycles. The molecule has 1 atom stereocenters. The quantitative estimate of drug-likeness (QED) is 0.537. The Morgan fingerprint density at radius 3 is 2.29 bits per heavy atom. The predicted molar refractivity (Wildman–Crippen MR) is 135 cm³/mol. The van der Waals surface area contributed by atoms with Crippen molar-refractivity contribution < 1.29 is 22.4 Å². The van der Waals surface area contributed by atoms with Gasteiger partial charge in [-0.1, -0.05) is 50.1 Å². The molecule has 2 aromatic rings. The molecule has 2 amide bonds. The first-order valence-corrected chi connectivity index (χ1v) is 13.8. The van der Waals surface area contributed by atoms with Crippen LogP contribution in [-0.2, 0) is 32.6 Å². The van der Waals surface area contributed by atoms with Crippen molar-refractivity contribution >= 4 is 27.5 Å². The van der Waals surface area contributed by atoms with Gasteiger partial charge in [0.15, 0.2) is 0 Å². The lowest BCUT2D eigenvalue weighted by Crippen LogP contribution is -2.52. The number of hydrogen-bond donors (Lipinski definition) is 1. The van der Waals surface area contributed by atoms with Crippen molar-refractivity contribution in [1.82, 2.24) is 10.2 Å². The second kappa shape index (κ2) is 11.7. The molecule has 1 aliphatic rings. The number of nitrogens with zero attached hydrogens (tertiary/aromatic N) is 2. The molecule has 0 aliphatic heterocycles. The molecule has 190 valence electrons. The van der Waals surface area contributed by atoms with E-state index in [2.05, 4.69) is 5.32 Å². The van der Waals surface area contributed by atoms with E-state index in [0.29, 0.717) is 5.69 Å². The van der Waals surface area contributed by atoms with E-state index in [1.807, 2.05) is 19.1 Å². The predicted octanol–water partition coefficient (Wildman–Crippen LogP) is 3.63. The summed E-state index contributed by atoms with van der Waals surface area (Å²) < 4.78 is 40.7. The normalized spacial score (nSPS) is 15.0. The zero-order valence-corrected chi connectivity index (χ0v) is 21.4. The molecule has 1 N–H and O–H groups in total. The highest BCUT2D eigenvalue weighted by molar-refractivity contribution is 7.92. The summed E-state index contributed by atoms with van der Waals surface area (Å²) in [6.07, 6.45) is 5.67. The smallest absolute Gasteiger partial charge is 0.244 e. The molecule has 0 aromatic heterocycles. The van der Waals surface area contributed by atoms with Gasteiger partial charge in [0.2, 0.25) is 21.8 Å². The average Bonchev–Trinajstić information content (AvgIpc) is 3.34. The lowest BCUT2D eigenvalue weighted by Gasteiger charge is -2.32. The van der Waals surface area contributed by atoms with Gasteiger partial charge in [-0.3, -0.25) is 13.9 Å². The number of aryl methyl sites for hydroxylation is 1. The van der Waals surface area contributed by atoms with E-state index in [-0.39, 0.29) is 24.1 Å². The van der Waals surface area contributed by atoms with Crippen molar-refractivity contribution in [1.29, 1.82) is 0 Å². The van der Waals surface area contributed by atoms with E-state index in [4.69, 9.17) is 0 Å². The summed E-state index contributed by atoms with van der Waals surface area (Å²) >= 11 is 0. The monoisotopic (exact) mass is 503 g/mol. The summed E-state index contributed by atoms with van der Waals surface area (Å²) in [6.45, 7) is 2.92. The summed E-state index contributed by atoms with van der Waals surface area (Å²) in [5.41, 5.74) is 1.64. The second-order valence-corrected chi connectivity index (χ2v) is 11.0. The summed E-state index contributed by atoms with van der Waals surface area (Å²) in [5.74, 6) is -1.42. The number of halogens is 1. The Balaban J connectivity index is 1.88. The minimum atomic E-state index is -3.80. The van der Waals surface area contributed by atoms with Crippen LogP contribution in [0.15, 0.2) is 48.5 Å². The van der Waals surface area contributed by atoms with Gasteiger partial charge < -0.3 is 10.2 Å². The van der Waals surface area contributed by atoms with Crippen molar-refractivity contribution in [3.8, 4) is 0 Å². The van der Waals surface area contributed by atoms with Crippen molar-refractivity contribution in [2.45, 2.75) is 64.6 Å². The van der Waals surface area contributed by atoms with Gasteiger partial charge in [0.05, 0.1) is 11.9 Å². The lowest BCUT2D eigenvalue weighted by molar-refractivity contribution is -0.139. The van der Waals surface area contributed by atoms with E-state index in [1.165, 1.54) is 11.0 Å². The third-order valence-electron chi connectivity index (χ3n) is 6.48. The van der Waals surface area contributed by atoms with Gasteiger partial charge in [0.25, 0.3) is 0 Å². The molecule has 1 saturated carbocycles. The van der Waals surface area contributed by atoms with Crippen LogP contribution in [0.1, 0.15) is 50.7 Å². The molecule has 0 radical (unpaired) electrons. The molecule has 35 heavy (non-hydrogen) atoms. The molecule has 1 aliphatic carbocycles. The van der Waals surface area contributed by atoms with Crippen molar-refractivity contribution in [2.24, 2.45) is 0 Å². The molecule has 0 unspecified atom stereocenters. The van der Waals surface area contributed by atoms with E-state index in [1.54, 1.807) is 37.3 Å². The fourth-order valence-electron chi connectivity index (χ4n) is 4.30. The lowest BCUT2D eigenvalue weighted by atomic mass is 10.1. The van der Waals surface area contributed by atoms with Crippen LogP contribution in [0.25, 0.3) is 0 Å². The van der Waals surface area contributed by atoms with Gasteiger partial charge in [-0.05, 0) is 49.9 Å². The zero-order valence-electron chi connectivity index (χ0n) is 20.5. The molecule has 3 rings (SSSR count). The number of rotatable bonds is 10. The Morgan fingerprint density at radius 2 is 1.71 bits per heavy atom. The first-order valence-electron chi connectivity index (χ1n) is 12.0. The fraction of sp³-hybridized carbons (Fsp3) is 0.462. The Hall–Kier alpha value is -2.94. The Kier molecular flexibility index (Phi) is 8.88. The number of carbonyl (C=O) groups excluding carboxylic acids is 2. The van der Waals surface area contributed by atoms with Crippen LogP contribution < -0.4 is 9.62 Å². The highest BCUT2D eigenvalue weighted by Gasteiger charge is 2.31. The minimum absolute atomic E-state index is 0.0555. The Labute approximate surface area is 207 Å². The van der Waals surface area contributed by atoms with Crippen LogP contribution in [0.4, 0.5) is 10.1 Å². The van der Waals surface area contributed by atoms with Crippen LogP contribution in [0.5, 0.6) is 0 Å². The van der Waals surface area contributed by atoms with E-state index in [9.17, 15) is 22.4 Å². The van der Waals surface area contributed by atoms with Crippen molar-refractivity contribution in [3.05, 3.63) is 65.5 Å². The van der Waals surface area contributed by atoms with Crippen LogP contribution in [0.3, 0.4) is 0 Å². The fourth-order valence-corrected chi connectivity index (χ4v) is 5.15.